The second kappa shape index (κ2) is 5.93. The molecule has 4 aromatic rings. The highest BCUT2D eigenvalue weighted by molar-refractivity contribution is 5.99. The fourth-order valence-corrected chi connectivity index (χ4v) is 3.16. The number of carboxylic acids is 1. The van der Waals surface area contributed by atoms with Crippen LogP contribution in [0.3, 0.4) is 0 Å². The van der Waals surface area contributed by atoms with Crippen LogP contribution in [0.25, 0.3) is 33.2 Å². The van der Waals surface area contributed by atoms with Crippen molar-refractivity contribution in [2.24, 2.45) is 0 Å². The molecule has 3 heterocycles. The lowest BCUT2D eigenvalue weighted by Gasteiger charge is -2.03. The van der Waals surface area contributed by atoms with Gasteiger partial charge in [0, 0.05) is 39.9 Å². The third-order valence-corrected chi connectivity index (χ3v) is 4.34. The van der Waals surface area contributed by atoms with Gasteiger partial charge in [-0.25, -0.2) is 4.98 Å². The zero-order valence-electron chi connectivity index (χ0n) is 13.9. The summed E-state index contributed by atoms with van der Waals surface area (Å²) < 4.78 is 6.98. The van der Waals surface area contributed by atoms with Crippen molar-refractivity contribution >= 4 is 27.9 Å². The van der Waals surface area contributed by atoms with E-state index in [-0.39, 0.29) is 6.54 Å². The predicted molar refractivity (Wildman–Crippen MR) is 95.9 cm³/mol. The summed E-state index contributed by atoms with van der Waals surface area (Å²) in [5.41, 5.74) is 3.51. The van der Waals surface area contributed by atoms with Crippen LogP contribution in [-0.2, 0) is 11.3 Å². The van der Waals surface area contributed by atoms with Crippen molar-refractivity contribution in [1.82, 2.24) is 14.5 Å². The topological polar surface area (TPSA) is 104 Å². The Labute approximate surface area is 148 Å². The normalized spacial score (nSPS) is 10.9. The van der Waals surface area contributed by atoms with Crippen LogP contribution >= 0.6 is 0 Å². The molecule has 128 valence electrons. The zero-order chi connectivity index (χ0) is 18.3. The van der Waals surface area contributed by atoms with Crippen LogP contribution in [-0.4, -0.2) is 32.7 Å². The SMILES string of the molecule is COc1ccc2c(c1)c(-c1cc3c(C#N)ccnc3[nH]1)cn2CC(=O)O. The predicted octanol–water partition coefficient (Wildman–Crippen LogP) is 3.15. The van der Waals surface area contributed by atoms with Crippen molar-refractivity contribution in [3.8, 4) is 23.1 Å². The number of rotatable bonds is 4. The number of fused-ring (bicyclic) bond motifs is 2. The van der Waals surface area contributed by atoms with Gasteiger partial charge in [-0.05, 0) is 30.3 Å². The number of H-pyrrole nitrogens is 1. The molecule has 0 saturated carbocycles. The maximum Gasteiger partial charge on any atom is 0.323 e. The summed E-state index contributed by atoms with van der Waals surface area (Å²) in [5.74, 6) is -0.242. The van der Waals surface area contributed by atoms with Crippen LogP contribution in [0.1, 0.15) is 5.56 Å². The number of nitriles is 1. The van der Waals surface area contributed by atoms with Gasteiger partial charge in [0.25, 0.3) is 0 Å². The number of aromatic nitrogens is 3. The standard InChI is InChI=1S/C19H14N4O3/c1-26-12-2-3-17-14(6-12)15(9-23(17)10-18(24)25)16-7-13-11(8-20)4-5-21-19(13)22-16/h2-7,9H,10H2,1H3,(H,21,22)(H,24,25). The zero-order valence-corrected chi connectivity index (χ0v) is 13.9. The highest BCUT2D eigenvalue weighted by Crippen LogP contribution is 2.34. The number of aromatic amines is 1. The number of methoxy groups -OCH3 is 1. The minimum absolute atomic E-state index is 0.148. The lowest BCUT2D eigenvalue weighted by Crippen LogP contribution is -2.07. The van der Waals surface area contributed by atoms with Crippen LogP contribution in [0.2, 0.25) is 0 Å². The van der Waals surface area contributed by atoms with Crippen LogP contribution in [0.4, 0.5) is 0 Å². The molecule has 0 fully saturated rings. The first kappa shape index (κ1) is 15.7. The molecule has 0 aliphatic heterocycles. The number of hydrogen-bond donors (Lipinski definition) is 2. The van der Waals surface area contributed by atoms with E-state index in [0.717, 1.165) is 27.5 Å². The number of nitrogens with zero attached hydrogens (tertiary/aromatic N) is 3. The van der Waals surface area contributed by atoms with Gasteiger partial charge >= 0.3 is 5.97 Å². The Bertz CT molecular complexity index is 1200. The first-order valence-corrected chi connectivity index (χ1v) is 7.87. The summed E-state index contributed by atoms with van der Waals surface area (Å²) in [5, 5.41) is 20.1. The van der Waals surface area contributed by atoms with Gasteiger partial charge in [-0.1, -0.05) is 0 Å². The third-order valence-electron chi connectivity index (χ3n) is 4.34. The van der Waals surface area contributed by atoms with E-state index in [9.17, 15) is 15.2 Å². The fourth-order valence-electron chi connectivity index (χ4n) is 3.16. The first-order chi connectivity index (χ1) is 12.6. The molecule has 2 N–H and O–H groups in total. The second-order valence-electron chi connectivity index (χ2n) is 5.86. The van der Waals surface area contributed by atoms with Crippen molar-refractivity contribution in [3.05, 3.63) is 48.3 Å². The van der Waals surface area contributed by atoms with E-state index in [0.29, 0.717) is 17.0 Å². The number of carboxylic acid groups (broad SMARTS) is 1. The quantitative estimate of drug-likeness (QED) is 0.591. The van der Waals surface area contributed by atoms with E-state index in [1.54, 1.807) is 36.2 Å². The lowest BCUT2D eigenvalue weighted by molar-refractivity contribution is -0.137. The molecule has 4 rings (SSSR count). The second-order valence-corrected chi connectivity index (χ2v) is 5.86. The number of aliphatic carboxylic acids is 1. The average molecular weight is 346 g/mol. The van der Waals surface area contributed by atoms with E-state index < -0.39 is 5.97 Å². The van der Waals surface area contributed by atoms with Crippen molar-refractivity contribution in [2.75, 3.05) is 7.11 Å². The minimum Gasteiger partial charge on any atom is -0.497 e. The first-order valence-electron chi connectivity index (χ1n) is 7.87. The van der Waals surface area contributed by atoms with E-state index in [4.69, 9.17) is 4.74 Å². The van der Waals surface area contributed by atoms with Gasteiger partial charge in [-0.3, -0.25) is 4.79 Å². The summed E-state index contributed by atoms with van der Waals surface area (Å²) >= 11 is 0. The molecule has 0 aliphatic rings. The number of carbonyl (C=O) groups is 1. The molecular formula is C19H14N4O3. The van der Waals surface area contributed by atoms with Gasteiger partial charge in [-0.2, -0.15) is 5.26 Å². The summed E-state index contributed by atoms with van der Waals surface area (Å²) in [7, 11) is 1.58. The monoisotopic (exact) mass is 346 g/mol. The Morgan fingerprint density at radius 1 is 1.35 bits per heavy atom. The molecule has 0 amide bonds. The van der Waals surface area contributed by atoms with Crippen LogP contribution < -0.4 is 4.74 Å². The van der Waals surface area contributed by atoms with E-state index in [1.807, 2.05) is 18.2 Å². The van der Waals surface area contributed by atoms with E-state index >= 15 is 0 Å². The van der Waals surface area contributed by atoms with Gasteiger partial charge in [0.05, 0.1) is 18.7 Å². The van der Waals surface area contributed by atoms with Crippen molar-refractivity contribution in [3.63, 3.8) is 0 Å². The molecule has 26 heavy (non-hydrogen) atoms. The molecule has 0 spiro atoms. The Hall–Kier alpha value is -3.79. The van der Waals surface area contributed by atoms with Gasteiger partial charge in [-0.15, -0.1) is 0 Å². The Kier molecular flexibility index (Phi) is 3.59. The molecule has 7 heteroatoms. The number of benzene rings is 1. The van der Waals surface area contributed by atoms with Crippen molar-refractivity contribution < 1.29 is 14.6 Å². The van der Waals surface area contributed by atoms with Crippen molar-refractivity contribution in [1.29, 1.82) is 5.26 Å². The number of hydrogen-bond acceptors (Lipinski definition) is 4. The van der Waals surface area contributed by atoms with E-state index in [1.165, 1.54) is 0 Å². The number of nitrogens with one attached hydrogen (secondary N) is 1. The molecule has 0 aliphatic carbocycles. The molecular weight excluding hydrogens is 332 g/mol. The van der Waals surface area contributed by atoms with Gasteiger partial charge in [0.2, 0.25) is 0 Å². The molecule has 0 radical (unpaired) electrons. The minimum atomic E-state index is -0.922. The van der Waals surface area contributed by atoms with Crippen LogP contribution in [0.15, 0.2) is 42.7 Å². The number of pyridine rings is 1. The summed E-state index contributed by atoms with van der Waals surface area (Å²) in [6, 6.07) is 11.2. The Morgan fingerprint density at radius 2 is 2.19 bits per heavy atom. The summed E-state index contributed by atoms with van der Waals surface area (Å²) in [4.78, 5) is 18.7. The Balaban J connectivity index is 1.98. The third kappa shape index (κ3) is 2.45. The number of ether oxygens (including phenoxy) is 1. The van der Waals surface area contributed by atoms with Gasteiger partial charge in [0.15, 0.2) is 0 Å². The fraction of sp³-hybridized carbons (Fsp3) is 0.105. The smallest absolute Gasteiger partial charge is 0.323 e. The van der Waals surface area contributed by atoms with E-state index in [2.05, 4.69) is 16.0 Å². The molecule has 3 aromatic heterocycles. The molecule has 0 bridgehead atoms. The molecule has 0 atom stereocenters. The highest BCUT2D eigenvalue weighted by atomic mass is 16.5. The molecule has 7 nitrogen and oxygen atoms in total. The lowest BCUT2D eigenvalue weighted by atomic mass is 10.1. The van der Waals surface area contributed by atoms with Crippen molar-refractivity contribution in [2.45, 2.75) is 6.54 Å². The molecule has 1 aromatic carbocycles. The Morgan fingerprint density at radius 3 is 2.92 bits per heavy atom. The van der Waals surface area contributed by atoms with Crippen LogP contribution in [0, 0.1) is 11.3 Å². The average Bonchev–Trinajstić information content (AvgIpc) is 3.22. The largest absolute Gasteiger partial charge is 0.497 e. The summed E-state index contributed by atoms with van der Waals surface area (Å²) in [6.45, 7) is -0.148. The van der Waals surface area contributed by atoms with Gasteiger partial charge in [0.1, 0.15) is 17.9 Å². The molecule has 0 saturated heterocycles. The summed E-state index contributed by atoms with van der Waals surface area (Å²) in [6.07, 6.45) is 3.37. The van der Waals surface area contributed by atoms with Crippen LogP contribution in [0.5, 0.6) is 5.75 Å². The van der Waals surface area contributed by atoms with Gasteiger partial charge < -0.3 is 19.4 Å². The maximum atomic E-state index is 11.2. The highest BCUT2D eigenvalue weighted by Gasteiger charge is 2.16. The molecule has 0 unspecified atom stereocenters. The maximum absolute atomic E-state index is 11.2.